The van der Waals surface area contributed by atoms with Crippen LogP contribution in [0.15, 0.2) is 24.4 Å². The Morgan fingerprint density at radius 3 is 2.31 bits per heavy atom. The molecule has 1 N–H and O–H groups in total. The number of carbonyl (C=O) groups excluding carboxylic acids is 3. The number of urea groups is 1. The number of rotatable bonds is 7. The van der Waals surface area contributed by atoms with Crippen LogP contribution in [0.1, 0.15) is 40.3 Å². The molecule has 0 bridgehead atoms. The molecule has 1 aromatic heterocycles. The maximum atomic E-state index is 12.9. The third-order valence-electron chi connectivity index (χ3n) is 4.27. The van der Waals surface area contributed by atoms with Crippen molar-refractivity contribution in [3.8, 4) is 0 Å². The molecule has 0 spiro atoms. The van der Waals surface area contributed by atoms with Crippen molar-refractivity contribution in [1.82, 2.24) is 20.1 Å². The van der Waals surface area contributed by atoms with Crippen molar-refractivity contribution in [3.05, 3.63) is 30.1 Å². The van der Waals surface area contributed by atoms with Gasteiger partial charge in [0.25, 0.3) is 5.91 Å². The fourth-order valence-electron chi connectivity index (χ4n) is 3.07. The van der Waals surface area contributed by atoms with E-state index in [2.05, 4.69) is 10.3 Å². The minimum absolute atomic E-state index is 0.221. The van der Waals surface area contributed by atoms with Gasteiger partial charge in [-0.25, -0.2) is 4.79 Å². The Morgan fingerprint density at radius 2 is 1.81 bits per heavy atom. The normalized spacial score (nSPS) is 20.0. The molecule has 1 atom stereocenters. The van der Waals surface area contributed by atoms with Crippen LogP contribution in [0.3, 0.4) is 0 Å². The van der Waals surface area contributed by atoms with Crippen molar-refractivity contribution >= 4 is 17.8 Å². The van der Waals surface area contributed by atoms with Gasteiger partial charge in [0.2, 0.25) is 5.91 Å². The van der Waals surface area contributed by atoms with Gasteiger partial charge in [-0.2, -0.15) is 0 Å². The van der Waals surface area contributed by atoms with Crippen molar-refractivity contribution in [2.45, 2.75) is 40.2 Å². The molecule has 142 valence electrons. The molecular formula is C19H28N4O3. The first-order valence-electron chi connectivity index (χ1n) is 8.98. The van der Waals surface area contributed by atoms with Gasteiger partial charge in [-0.3, -0.25) is 19.5 Å². The molecule has 7 nitrogen and oxygen atoms in total. The van der Waals surface area contributed by atoms with Gasteiger partial charge < -0.3 is 10.2 Å². The molecule has 4 amide bonds. The predicted molar refractivity (Wildman–Crippen MR) is 98.1 cm³/mol. The second-order valence-electron chi connectivity index (χ2n) is 7.75. The molecule has 1 aromatic rings. The minimum Gasteiger partial charge on any atom is -0.341 e. The zero-order valence-electron chi connectivity index (χ0n) is 16.2. The Kier molecular flexibility index (Phi) is 6.00. The Morgan fingerprint density at radius 1 is 1.19 bits per heavy atom. The molecule has 26 heavy (non-hydrogen) atoms. The number of nitrogens with zero attached hydrogens (tertiary/aromatic N) is 3. The molecule has 0 radical (unpaired) electrons. The lowest BCUT2D eigenvalue weighted by Gasteiger charge is -2.28. The van der Waals surface area contributed by atoms with E-state index in [-0.39, 0.29) is 12.5 Å². The number of hydrogen-bond acceptors (Lipinski definition) is 4. The van der Waals surface area contributed by atoms with Crippen molar-refractivity contribution in [3.63, 3.8) is 0 Å². The van der Waals surface area contributed by atoms with Gasteiger partial charge in [0.15, 0.2) is 5.54 Å². The SMILES string of the molecule is CC(C)CN(CC(C)C)C(=O)CN1C(=O)NC(C)(c2ccccn2)C1=O. The third-order valence-corrected chi connectivity index (χ3v) is 4.27. The van der Waals surface area contributed by atoms with Gasteiger partial charge in [-0.15, -0.1) is 0 Å². The lowest BCUT2D eigenvalue weighted by molar-refractivity contribution is -0.139. The molecule has 0 aliphatic carbocycles. The maximum absolute atomic E-state index is 12.9. The molecule has 1 unspecified atom stereocenters. The van der Waals surface area contributed by atoms with Crippen LogP contribution in [0.4, 0.5) is 4.79 Å². The molecule has 1 aliphatic rings. The summed E-state index contributed by atoms with van der Waals surface area (Å²) >= 11 is 0. The lowest BCUT2D eigenvalue weighted by Crippen LogP contribution is -2.46. The second kappa shape index (κ2) is 7.85. The van der Waals surface area contributed by atoms with E-state index in [1.807, 2.05) is 27.7 Å². The van der Waals surface area contributed by atoms with Crippen LogP contribution in [0.2, 0.25) is 0 Å². The van der Waals surface area contributed by atoms with Gasteiger partial charge in [0, 0.05) is 19.3 Å². The van der Waals surface area contributed by atoms with Gasteiger partial charge in [0.1, 0.15) is 6.54 Å². The highest BCUT2D eigenvalue weighted by molar-refractivity contribution is 6.08. The van der Waals surface area contributed by atoms with Gasteiger partial charge in [-0.05, 0) is 30.9 Å². The van der Waals surface area contributed by atoms with Crippen LogP contribution < -0.4 is 5.32 Å². The number of hydrogen-bond donors (Lipinski definition) is 1. The standard InChI is InChI=1S/C19H28N4O3/c1-13(2)10-22(11-14(3)4)16(24)12-23-17(25)19(5,21-18(23)26)15-8-6-7-9-20-15/h6-9,13-14H,10-12H2,1-5H3,(H,21,26). The molecule has 1 aliphatic heterocycles. The van der Waals surface area contributed by atoms with Crippen LogP contribution >= 0.6 is 0 Å². The summed E-state index contributed by atoms with van der Waals surface area (Å²) in [7, 11) is 0. The number of aromatic nitrogens is 1. The molecule has 1 saturated heterocycles. The second-order valence-corrected chi connectivity index (χ2v) is 7.75. The average molecular weight is 360 g/mol. The Bertz CT molecular complexity index is 665. The van der Waals surface area contributed by atoms with Crippen molar-refractivity contribution < 1.29 is 14.4 Å². The summed E-state index contributed by atoms with van der Waals surface area (Å²) < 4.78 is 0. The Balaban J connectivity index is 2.17. The largest absolute Gasteiger partial charge is 0.341 e. The number of pyridine rings is 1. The predicted octanol–water partition coefficient (Wildman–Crippen LogP) is 1.99. The highest BCUT2D eigenvalue weighted by atomic mass is 16.2. The van der Waals surface area contributed by atoms with Crippen molar-refractivity contribution in [2.75, 3.05) is 19.6 Å². The molecule has 1 fully saturated rings. The average Bonchev–Trinajstić information content (AvgIpc) is 2.78. The zero-order chi connectivity index (χ0) is 19.5. The van der Waals surface area contributed by atoms with Crippen LogP contribution in [-0.2, 0) is 15.1 Å². The summed E-state index contributed by atoms with van der Waals surface area (Å²) in [6.07, 6.45) is 1.57. The quantitative estimate of drug-likeness (QED) is 0.754. The van der Waals surface area contributed by atoms with Gasteiger partial charge in [0.05, 0.1) is 5.69 Å². The van der Waals surface area contributed by atoms with E-state index in [9.17, 15) is 14.4 Å². The summed E-state index contributed by atoms with van der Waals surface area (Å²) in [5.74, 6) is -0.0658. The molecule has 0 saturated carbocycles. The molecule has 2 heterocycles. The first kappa shape index (κ1) is 19.9. The summed E-state index contributed by atoms with van der Waals surface area (Å²) in [5, 5.41) is 2.68. The topological polar surface area (TPSA) is 82.6 Å². The van der Waals surface area contributed by atoms with Crippen molar-refractivity contribution in [1.29, 1.82) is 0 Å². The van der Waals surface area contributed by atoms with E-state index in [1.54, 1.807) is 36.2 Å². The van der Waals surface area contributed by atoms with E-state index < -0.39 is 17.5 Å². The molecular weight excluding hydrogens is 332 g/mol. The van der Waals surface area contributed by atoms with E-state index in [1.165, 1.54) is 0 Å². The van der Waals surface area contributed by atoms with Crippen LogP contribution in [-0.4, -0.2) is 52.3 Å². The van der Waals surface area contributed by atoms with Crippen molar-refractivity contribution in [2.24, 2.45) is 11.8 Å². The third kappa shape index (κ3) is 4.20. The summed E-state index contributed by atoms with van der Waals surface area (Å²) in [6.45, 7) is 10.7. The fraction of sp³-hybridized carbons (Fsp3) is 0.579. The van der Waals surface area contributed by atoms with Crippen LogP contribution in [0.5, 0.6) is 0 Å². The molecule has 7 heteroatoms. The zero-order valence-corrected chi connectivity index (χ0v) is 16.2. The maximum Gasteiger partial charge on any atom is 0.325 e. The summed E-state index contributed by atoms with van der Waals surface area (Å²) in [5.41, 5.74) is -0.797. The highest BCUT2D eigenvalue weighted by Crippen LogP contribution is 2.27. The monoisotopic (exact) mass is 360 g/mol. The van der Waals surface area contributed by atoms with Gasteiger partial charge in [-0.1, -0.05) is 33.8 Å². The highest BCUT2D eigenvalue weighted by Gasteiger charge is 2.50. The Hall–Kier alpha value is -2.44. The number of amides is 4. The number of imide groups is 1. The van der Waals surface area contributed by atoms with Crippen LogP contribution in [0.25, 0.3) is 0 Å². The van der Waals surface area contributed by atoms with E-state index >= 15 is 0 Å². The molecule has 2 rings (SSSR count). The summed E-state index contributed by atoms with van der Waals surface area (Å²) in [6, 6.07) is 4.62. The molecule has 0 aromatic carbocycles. The minimum atomic E-state index is -1.25. The van der Waals surface area contributed by atoms with E-state index in [0.29, 0.717) is 30.6 Å². The first-order chi connectivity index (χ1) is 12.1. The first-order valence-corrected chi connectivity index (χ1v) is 8.98. The van der Waals surface area contributed by atoms with Crippen LogP contribution in [0, 0.1) is 11.8 Å². The number of carbonyl (C=O) groups is 3. The smallest absolute Gasteiger partial charge is 0.325 e. The summed E-state index contributed by atoms with van der Waals surface area (Å²) in [4.78, 5) is 44.9. The van der Waals surface area contributed by atoms with Gasteiger partial charge >= 0.3 is 6.03 Å². The lowest BCUT2D eigenvalue weighted by atomic mass is 9.97. The van der Waals surface area contributed by atoms with E-state index in [0.717, 1.165) is 4.90 Å². The van der Waals surface area contributed by atoms with E-state index in [4.69, 9.17) is 0 Å². The fourth-order valence-corrected chi connectivity index (χ4v) is 3.07. The number of nitrogens with one attached hydrogen (secondary N) is 1. The Labute approximate surface area is 154 Å².